The SMILES string of the molecule is Cl.O=C1C(CN2CCOCC2)CC2CCCCC12. The molecule has 0 aromatic heterocycles. The summed E-state index contributed by atoms with van der Waals surface area (Å²) in [6.07, 6.45) is 6.26. The topological polar surface area (TPSA) is 29.5 Å². The first kappa shape index (κ1) is 14.3. The van der Waals surface area contributed by atoms with Crippen LogP contribution in [0.3, 0.4) is 0 Å². The maximum atomic E-state index is 12.4. The minimum Gasteiger partial charge on any atom is -0.379 e. The zero-order valence-electron chi connectivity index (χ0n) is 11.0. The summed E-state index contributed by atoms with van der Waals surface area (Å²) in [5.74, 6) is 2.07. The molecule has 3 unspecified atom stereocenters. The van der Waals surface area contributed by atoms with Crippen molar-refractivity contribution in [1.29, 1.82) is 0 Å². The Kier molecular flexibility index (Phi) is 5.05. The average molecular weight is 274 g/mol. The number of Topliss-reactive ketones (excluding diaryl/α,β-unsaturated/α-hetero) is 1. The number of rotatable bonds is 2. The Hall–Kier alpha value is -0.120. The lowest BCUT2D eigenvalue weighted by Gasteiger charge is -2.28. The van der Waals surface area contributed by atoms with Crippen molar-refractivity contribution in [3.05, 3.63) is 0 Å². The van der Waals surface area contributed by atoms with Crippen LogP contribution in [0.5, 0.6) is 0 Å². The average Bonchev–Trinajstić information content (AvgIpc) is 2.68. The molecule has 0 spiro atoms. The van der Waals surface area contributed by atoms with E-state index in [0.29, 0.717) is 17.6 Å². The number of carbonyl (C=O) groups excluding carboxylic acids is 1. The minimum atomic E-state index is 0. The lowest BCUT2D eigenvalue weighted by Crippen LogP contribution is -2.40. The number of hydrogen-bond acceptors (Lipinski definition) is 3. The highest BCUT2D eigenvalue weighted by atomic mass is 35.5. The molecule has 3 atom stereocenters. The fraction of sp³-hybridized carbons (Fsp3) is 0.929. The van der Waals surface area contributed by atoms with Crippen molar-refractivity contribution in [2.45, 2.75) is 32.1 Å². The highest BCUT2D eigenvalue weighted by Crippen LogP contribution is 2.42. The monoisotopic (exact) mass is 273 g/mol. The van der Waals surface area contributed by atoms with Crippen molar-refractivity contribution in [2.75, 3.05) is 32.8 Å². The highest BCUT2D eigenvalue weighted by Gasteiger charge is 2.43. The molecule has 1 aliphatic heterocycles. The number of ether oxygens (including phenoxy) is 1. The van der Waals surface area contributed by atoms with Crippen molar-refractivity contribution in [1.82, 2.24) is 4.90 Å². The number of halogens is 1. The van der Waals surface area contributed by atoms with E-state index in [9.17, 15) is 4.79 Å². The molecule has 0 aromatic rings. The third-order valence-corrected chi connectivity index (χ3v) is 4.85. The molecule has 0 bridgehead atoms. The first-order valence-corrected chi connectivity index (χ1v) is 7.18. The van der Waals surface area contributed by atoms with E-state index in [2.05, 4.69) is 4.90 Å². The van der Waals surface area contributed by atoms with Crippen LogP contribution in [0.1, 0.15) is 32.1 Å². The van der Waals surface area contributed by atoms with Crippen LogP contribution in [-0.4, -0.2) is 43.5 Å². The van der Waals surface area contributed by atoms with Gasteiger partial charge in [0.05, 0.1) is 13.2 Å². The number of fused-ring (bicyclic) bond motifs is 1. The normalized spacial score (nSPS) is 37.1. The first-order valence-electron chi connectivity index (χ1n) is 7.18. The summed E-state index contributed by atoms with van der Waals surface area (Å²) in [7, 11) is 0. The van der Waals surface area contributed by atoms with Gasteiger partial charge in [0, 0.05) is 31.5 Å². The largest absolute Gasteiger partial charge is 0.379 e. The summed E-state index contributed by atoms with van der Waals surface area (Å²) in [6, 6.07) is 0. The molecular formula is C14H24ClNO2. The van der Waals surface area contributed by atoms with Gasteiger partial charge < -0.3 is 4.74 Å². The Morgan fingerprint density at radius 1 is 1.17 bits per heavy atom. The summed E-state index contributed by atoms with van der Waals surface area (Å²) in [5.41, 5.74) is 0. The second-order valence-corrected chi connectivity index (χ2v) is 5.90. The number of morpholine rings is 1. The molecule has 1 saturated heterocycles. The molecule has 2 aliphatic carbocycles. The molecule has 0 aromatic carbocycles. The fourth-order valence-corrected chi connectivity index (χ4v) is 3.91. The maximum absolute atomic E-state index is 12.4. The molecule has 3 nitrogen and oxygen atoms in total. The molecule has 18 heavy (non-hydrogen) atoms. The third kappa shape index (κ3) is 2.89. The van der Waals surface area contributed by atoms with Gasteiger partial charge in [-0.3, -0.25) is 9.69 Å². The molecule has 0 N–H and O–H groups in total. The molecule has 0 radical (unpaired) electrons. The minimum absolute atomic E-state index is 0. The first-order chi connectivity index (χ1) is 8.34. The molecular weight excluding hydrogens is 250 g/mol. The van der Waals surface area contributed by atoms with Crippen LogP contribution in [0.2, 0.25) is 0 Å². The van der Waals surface area contributed by atoms with E-state index in [-0.39, 0.29) is 12.4 Å². The van der Waals surface area contributed by atoms with Crippen molar-refractivity contribution in [3.63, 3.8) is 0 Å². The Balaban J connectivity index is 0.00000120. The van der Waals surface area contributed by atoms with Crippen LogP contribution >= 0.6 is 12.4 Å². The van der Waals surface area contributed by atoms with Crippen LogP contribution in [0.25, 0.3) is 0 Å². The molecule has 0 amide bonds. The zero-order chi connectivity index (χ0) is 11.7. The Bertz CT molecular complexity index is 292. The standard InChI is InChI=1S/C14H23NO2.ClH/c16-14-12(10-15-5-7-17-8-6-15)9-11-3-1-2-4-13(11)14;/h11-13H,1-10H2;1H. The molecule has 3 rings (SSSR count). The molecule has 4 heteroatoms. The van der Waals surface area contributed by atoms with E-state index in [4.69, 9.17) is 4.74 Å². The zero-order valence-corrected chi connectivity index (χ0v) is 11.8. The van der Waals surface area contributed by atoms with Gasteiger partial charge in [-0.1, -0.05) is 12.8 Å². The molecule has 104 valence electrons. The summed E-state index contributed by atoms with van der Waals surface area (Å²) in [4.78, 5) is 14.8. The molecule has 2 saturated carbocycles. The maximum Gasteiger partial charge on any atom is 0.140 e. The van der Waals surface area contributed by atoms with Gasteiger partial charge in [-0.25, -0.2) is 0 Å². The van der Waals surface area contributed by atoms with Crippen molar-refractivity contribution in [3.8, 4) is 0 Å². The van der Waals surface area contributed by atoms with Crippen LogP contribution in [0.4, 0.5) is 0 Å². The summed E-state index contributed by atoms with van der Waals surface area (Å²) in [5, 5.41) is 0. The van der Waals surface area contributed by atoms with Crippen LogP contribution < -0.4 is 0 Å². The van der Waals surface area contributed by atoms with E-state index >= 15 is 0 Å². The van der Waals surface area contributed by atoms with E-state index < -0.39 is 0 Å². The summed E-state index contributed by atoms with van der Waals surface area (Å²) < 4.78 is 5.36. The Morgan fingerprint density at radius 3 is 2.61 bits per heavy atom. The quantitative estimate of drug-likeness (QED) is 0.772. The number of nitrogens with zero attached hydrogens (tertiary/aromatic N) is 1. The van der Waals surface area contributed by atoms with Gasteiger partial charge in [-0.2, -0.15) is 0 Å². The highest BCUT2D eigenvalue weighted by molar-refractivity contribution is 5.86. The predicted octanol–water partition coefficient (Wildman–Crippen LogP) is 2.14. The van der Waals surface area contributed by atoms with E-state index in [1.165, 1.54) is 32.1 Å². The Morgan fingerprint density at radius 2 is 1.89 bits per heavy atom. The Labute approximate surface area is 116 Å². The van der Waals surface area contributed by atoms with Crippen molar-refractivity contribution in [2.24, 2.45) is 17.8 Å². The third-order valence-electron chi connectivity index (χ3n) is 4.85. The fourth-order valence-electron chi connectivity index (χ4n) is 3.91. The lowest BCUT2D eigenvalue weighted by molar-refractivity contribution is -0.125. The lowest BCUT2D eigenvalue weighted by atomic mass is 9.81. The van der Waals surface area contributed by atoms with E-state index in [0.717, 1.165) is 38.8 Å². The van der Waals surface area contributed by atoms with Crippen LogP contribution in [0, 0.1) is 17.8 Å². The van der Waals surface area contributed by atoms with Crippen molar-refractivity contribution >= 4 is 18.2 Å². The van der Waals surface area contributed by atoms with Gasteiger partial charge in [0.1, 0.15) is 5.78 Å². The van der Waals surface area contributed by atoms with E-state index in [1.807, 2.05) is 0 Å². The van der Waals surface area contributed by atoms with Crippen LogP contribution in [-0.2, 0) is 9.53 Å². The number of carbonyl (C=O) groups is 1. The van der Waals surface area contributed by atoms with Gasteiger partial charge in [0.25, 0.3) is 0 Å². The smallest absolute Gasteiger partial charge is 0.140 e. The predicted molar refractivity (Wildman–Crippen MR) is 73.1 cm³/mol. The number of hydrogen-bond donors (Lipinski definition) is 0. The molecule has 3 fully saturated rings. The van der Waals surface area contributed by atoms with Gasteiger partial charge >= 0.3 is 0 Å². The van der Waals surface area contributed by atoms with Crippen molar-refractivity contribution < 1.29 is 9.53 Å². The van der Waals surface area contributed by atoms with Crippen LogP contribution in [0.15, 0.2) is 0 Å². The second-order valence-electron chi connectivity index (χ2n) is 5.90. The summed E-state index contributed by atoms with van der Waals surface area (Å²) >= 11 is 0. The summed E-state index contributed by atoms with van der Waals surface area (Å²) in [6.45, 7) is 4.70. The van der Waals surface area contributed by atoms with E-state index in [1.54, 1.807) is 0 Å². The van der Waals surface area contributed by atoms with Gasteiger partial charge in [0.2, 0.25) is 0 Å². The van der Waals surface area contributed by atoms with Gasteiger partial charge in [-0.05, 0) is 25.2 Å². The second kappa shape index (κ2) is 6.36. The van der Waals surface area contributed by atoms with Gasteiger partial charge in [-0.15, -0.1) is 12.4 Å². The molecule has 1 heterocycles. The van der Waals surface area contributed by atoms with Gasteiger partial charge in [0.15, 0.2) is 0 Å². The number of ketones is 1. The molecule has 3 aliphatic rings.